The molecule has 9 heteroatoms. The van der Waals surface area contributed by atoms with Crippen molar-refractivity contribution in [2.45, 2.75) is 18.2 Å². The second-order valence-corrected chi connectivity index (χ2v) is 10.0. The van der Waals surface area contributed by atoms with E-state index in [-0.39, 0.29) is 18.2 Å². The molecule has 0 radical (unpaired) electrons. The lowest BCUT2D eigenvalue weighted by Gasteiger charge is -2.32. The van der Waals surface area contributed by atoms with Gasteiger partial charge in [-0.05, 0) is 54.1 Å². The molecule has 0 saturated carbocycles. The highest BCUT2D eigenvalue weighted by molar-refractivity contribution is 9.10. The predicted molar refractivity (Wildman–Crippen MR) is 141 cm³/mol. The van der Waals surface area contributed by atoms with Gasteiger partial charge in [0.05, 0.1) is 19.3 Å². The molecule has 3 aromatic carbocycles. The summed E-state index contributed by atoms with van der Waals surface area (Å²) in [6.07, 6.45) is 0.0647. The highest BCUT2D eigenvalue weighted by atomic mass is 79.9. The molecule has 0 spiro atoms. The Labute approximate surface area is 215 Å². The minimum Gasteiger partial charge on any atom is -0.497 e. The molecule has 0 aromatic heterocycles. The zero-order chi connectivity index (χ0) is 24.1. The van der Waals surface area contributed by atoms with E-state index in [9.17, 15) is 9.59 Å². The Kier molecular flexibility index (Phi) is 7.92. The number of carbonyl (C=O) groups is 2. The first kappa shape index (κ1) is 24.3. The molecule has 3 aromatic rings. The van der Waals surface area contributed by atoms with Crippen molar-refractivity contribution in [3.05, 3.63) is 87.9 Å². The van der Waals surface area contributed by atoms with Gasteiger partial charge in [-0.3, -0.25) is 14.5 Å². The second-order valence-electron chi connectivity index (χ2n) is 7.51. The van der Waals surface area contributed by atoms with Gasteiger partial charge in [0, 0.05) is 21.6 Å². The fourth-order valence-corrected chi connectivity index (χ4v) is 5.04. The van der Waals surface area contributed by atoms with Crippen LogP contribution < -0.4 is 10.1 Å². The van der Waals surface area contributed by atoms with Crippen LogP contribution in [0.25, 0.3) is 0 Å². The molecule has 1 fully saturated rings. The highest BCUT2D eigenvalue weighted by Crippen LogP contribution is 2.32. The summed E-state index contributed by atoms with van der Waals surface area (Å²) in [5.41, 5.74) is 2.18. The van der Waals surface area contributed by atoms with Crippen LogP contribution in [0.2, 0.25) is 5.02 Å². The summed E-state index contributed by atoms with van der Waals surface area (Å²) in [4.78, 5) is 32.5. The van der Waals surface area contributed by atoms with E-state index in [2.05, 4.69) is 26.2 Å². The molecule has 1 saturated heterocycles. The number of amides is 2. The molecular formula is C25H21BrClN3O3S. The largest absolute Gasteiger partial charge is 0.497 e. The van der Waals surface area contributed by atoms with Crippen molar-refractivity contribution in [1.29, 1.82) is 0 Å². The quantitative estimate of drug-likeness (QED) is 0.387. The molecule has 0 aliphatic carbocycles. The number of hydrogen-bond acceptors (Lipinski definition) is 5. The molecule has 34 heavy (non-hydrogen) atoms. The summed E-state index contributed by atoms with van der Waals surface area (Å²) < 4.78 is 6.07. The topological polar surface area (TPSA) is 71.0 Å². The van der Waals surface area contributed by atoms with Crippen LogP contribution in [-0.2, 0) is 16.1 Å². The van der Waals surface area contributed by atoms with Gasteiger partial charge in [-0.15, -0.1) is 0 Å². The van der Waals surface area contributed by atoms with E-state index >= 15 is 0 Å². The summed E-state index contributed by atoms with van der Waals surface area (Å²) in [5, 5.41) is 3.27. The number of aliphatic imine (C=N–C) groups is 1. The lowest BCUT2D eigenvalue weighted by atomic mass is 10.2. The van der Waals surface area contributed by atoms with Crippen molar-refractivity contribution in [2.24, 2.45) is 4.99 Å². The third-order valence-electron chi connectivity index (χ3n) is 5.06. The van der Waals surface area contributed by atoms with Crippen LogP contribution in [0.15, 0.2) is 82.3 Å². The molecular weight excluding hydrogens is 538 g/mol. The van der Waals surface area contributed by atoms with Gasteiger partial charge in [-0.25, -0.2) is 4.99 Å². The fourth-order valence-electron chi connectivity index (χ4n) is 3.36. The Morgan fingerprint density at radius 1 is 1.18 bits per heavy atom. The molecule has 1 aliphatic rings. The number of nitrogens with zero attached hydrogens (tertiary/aromatic N) is 2. The Morgan fingerprint density at radius 3 is 2.65 bits per heavy atom. The number of ether oxygens (including phenoxy) is 1. The molecule has 6 nitrogen and oxygen atoms in total. The zero-order valence-electron chi connectivity index (χ0n) is 18.2. The lowest BCUT2D eigenvalue weighted by molar-refractivity contribution is -0.129. The van der Waals surface area contributed by atoms with Crippen molar-refractivity contribution in [1.82, 2.24) is 4.90 Å². The average Bonchev–Trinajstić information content (AvgIpc) is 2.81. The van der Waals surface area contributed by atoms with Crippen LogP contribution in [0.5, 0.6) is 5.75 Å². The Bertz CT molecular complexity index is 1240. The maximum Gasteiger partial charge on any atom is 0.238 e. The molecule has 1 aliphatic heterocycles. The molecule has 1 N–H and O–H groups in total. The van der Waals surface area contributed by atoms with Crippen molar-refractivity contribution in [2.75, 3.05) is 12.4 Å². The number of nitrogens with one attached hydrogen (secondary N) is 1. The summed E-state index contributed by atoms with van der Waals surface area (Å²) in [7, 11) is 1.61. The third kappa shape index (κ3) is 6.20. The van der Waals surface area contributed by atoms with Gasteiger partial charge >= 0.3 is 0 Å². The standard InChI is InChI=1S/C25H21BrClN3O3S/c1-33-21-10-8-16(9-11-21)15-30-23(31)14-22(24(32)28-19-6-2-4-17(26)12-19)34-25(30)29-20-7-3-5-18(27)13-20/h2-13,22H,14-15H2,1H3,(H,28,32). The maximum atomic E-state index is 13.2. The first-order valence-corrected chi connectivity index (χ1v) is 12.5. The van der Waals surface area contributed by atoms with Crippen LogP contribution >= 0.6 is 39.3 Å². The molecule has 1 heterocycles. The number of thioether (sulfide) groups is 1. The van der Waals surface area contributed by atoms with Gasteiger partial charge in [-0.1, -0.05) is 63.6 Å². The van der Waals surface area contributed by atoms with Crippen LogP contribution in [0.4, 0.5) is 11.4 Å². The Morgan fingerprint density at radius 2 is 1.94 bits per heavy atom. The first-order chi connectivity index (χ1) is 16.4. The van der Waals surface area contributed by atoms with E-state index < -0.39 is 5.25 Å². The Balaban J connectivity index is 1.60. The van der Waals surface area contributed by atoms with Gasteiger partial charge in [0.15, 0.2) is 5.17 Å². The molecule has 1 unspecified atom stereocenters. The van der Waals surface area contributed by atoms with Crippen molar-refractivity contribution < 1.29 is 14.3 Å². The van der Waals surface area contributed by atoms with Crippen molar-refractivity contribution >= 4 is 67.6 Å². The monoisotopic (exact) mass is 557 g/mol. The number of benzene rings is 3. The van der Waals surface area contributed by atoms with Gasteiger partial charge in [0.2, 0.25) is 11.8 Å². The van der Waals surface area contributed by atoms with Gasteiger partial charge in [-0.2, -0.15) is 0 Å². The molecule has 4 rings (SSSR count). The number of rotatable bonds is 6. The number of carbonyl (C=O) groups excluding carboxylic acids is 2. The maximum absolute atomic E-state index is 13.2. The van der Waals surface area contributed by atoms with E-state index in [0.29, 0.717) is 28.1 Å². The molecule has 174 valence electrons. The minimum absolute atomic E-state index is 0.0647. The molecule has 0 bridgehead atoms. The van der Waals surface area contributed by atoms with Gasteiger partial charge in [0.1, 0.15) is 11.0 Å². The van der Waals surface area contributed by atoms with Crippen LogP contribution in [-0.4, -0.2) is 34.2 Å². The Hall–Kier alpha value is -2.81. The smallest absolute Gasteiger partial charge is 0.238 e. The van der Waals surface area contributed by atoms with E-state index in [0.717, 1.165) is 15.8 Å². The van der Waals surface area contributed by atoms with Crippen molar-refractivity contribution in [3.8, 4) is 5.75 Å². The number of amidine groups is 1. The van der Waals surface area contributed by atoms with Gasteiger partial charge < -0.3 is 10.1 Å². The third-order valence-corrected chi connectivity index (χ3v) is 6.97. The SMILES string of the molecule is COc1ccc(CN2C(=O)CC(C(=O)Nc3cccc(Br)c3)SC2=Nc2cccc(Cl)c2)cc1. The second kappa shape index (κ2) is 11.1. The van der Waals surface area contributed by atoms with E-state index in [1.54, 1.807) is 42.3 Å². The number of methoxy groups -OCH3 is 1. The normalized spacial score (nSPS) is 17.0. The van der Waals surface area contributed by atoms with Crippen molar-refractivity contribution in [3.63, 3.8) is 0 Å². The minimum atomic E-state index is -0.614. The summed E-state index contributed by atoms with van der Waals surface area (Å²) in [5.74, 6) is 0.310. The van der Waals surface area contributed by atoms with Crippen LogP contribution in [0, 0.1) is 0 Å². The summed E-state index contributed by atoms with van der Waals surface area (Å²) >= 11 is 10.8. The first-order valence-electron chi connectivity index (χ1n) is 10.4. The lowest BCUT2D eigenvalue weighted by Crippen LogP contribution is -2.44. The number of halogens is 2. The van der Waals surface area contributed by atoms with Gasteiger partial charge in [0.25, 0.3) is 0 Å². The van der Waals surface area contributed by atoms with Crippen LogP contribution in [0.1, 0.15) is 12.0 Å². The summed E-state index contributed by atoms with van der Waals surface area (Å²) in [6, 6.07) is 21.9. The summed E-state index contributed by atoms with van der Waals surface area (Å²) in [6.45, 7) is 0.329. The highest BCUT2D eigenvalue weighted by Gasteiger charge is 2.36. The number of hydrogen-bond donors (Lipinski definition) is 1. The zero-order valence-corrected chi connectivity index (χ0v) is 21.4. The fraction of sp³-hybridized carbons (Fsp3) is 0.160. The average molecular weight is 559 g/mol. The van der Waals surface area contributed by atoms with E-state index in [1.807, 2.05) is 42.5 Å². The predicted octanol–water partition coefficient (Wildman–Crippen LogP) is 6.27. The van der Waals surface area contributed by atoms with E-state index in [4.69, 9.17) is 16.3 Å². The number of anilines is 1. The molecule has 2 amide bonds. The van der Waals surface area contributed by atoms with E-state index in [1.165, 1.54) is 11.8 Å². The molecule has 1 atom stereocenters. The van der Waals surface area contributed by atoms with Crippen LogP contribution in [0.3, 0.4) is 0 Å².